The standard InChI is InChI=1S/C15H24N4/c1-3-6-16-14-9-15(18-10(2)17-14)19-13-8-11-4-5-12(13)7-11/h9,11-13H,3-8H2,1-2H3,(H2,16,17,18,19). The van der Waals surface area contributed by atoms with Crippen molar-refractivity contribution in [3.8, 4) is 0 Å². The van der Waals surface area contributed by atoms with Crippen LogP contribution in [0.5, 0.6) is 0 Å². The monoisotopic (exact) mass is 260 g/mol. The zero-order chi connectivity index (χ0) is 13.2. The summed E-state index contributed by atoms with van der Waals surface area (Å²) in [6.07, 6.45) is 6.69. The van der Waals surface area contributed by atoms with Crippen molar-refractivity contribution in [3.05, 3.63) is 11.9 Å². The van der Waals surface area contributed by atoms with Crippen LogP contribution >= 0.6 is 0 Å². The molecular weight excluding hydrogens is 236 g/mol. The molecule has 2 saturated carbocycles. The van der Waals surface area contributed by atoms with Crippen molar-refractivity contribution < 1.29 is 0 Å². The molecule has 19 heavy (non-hydrogen) atoms. The highest BCUT2D eigenvalue weighted by atomic mass is 15.1. The van der Waals surface area contributed by atoms with Gasteiger partial charge in [-0.05, 0) is 44.4 Å². The Morgan fingerprint density at radius 3 is 2.74 bits per heavy atom. The van der Waals surface area contributed by atoms with Crippen LogP contribution in [0.1, 0.15) is 44.9 Å². The second-order valence-electron chi connectivity index (χ2n) is 6.04. The van der Waals surface area contributed by atoms with E-state index in [1.54, 1.807) is 0 Å². The minimum atomic E-state index is 0.632. The molecule has 1 aromatic rings. The molecule has 2 bridgehead atoms. The number of nitrogens with zero attached hydrogens (tertiary/aromatic N) is 2. The molecule has 0 saturated heterocycles. The van der Waals surface area contributed by atoms with E-state index in [0.717, 1.165) is 42.3 Å². The van der Waals surface area contributed by atoms with Gasteiger partial charge in [0.1, 0.15) is 17.5 Å². The average molecular weight is 260 g/mol. The van der Waals surface area contributed by atoms with Crippen LogP contribution in [0.25, 0.3) is 0 Å². The number of hydrogen-bond acceptors (Lipinski definition) is 4. The summed E-state index contributed by atoms with van der Waals surface area (Å²) in [5.41, 5.74) is 0. The summed E-state index contributed by atoms with van der Waals surface area (Å²) < 4.78 is 0. The van der Waals surface area contributed by atoms with Gasteiger partial charge in [-0.1, -0.05) is 13.3 Å². The van der Waals surface area contributed by atoms with Crippen molar-refractivity contribution in [1.29, 1.82) is 0 Å². The lowest BCUT2D eigenvalue weighted by atomic mass is 9.95. The van der Waals surface area contributed by atoms with Gasteiger partial charge in [0.15, 0.2) is 0 Å². The highest BCUT2D eigenvalue weighted by Gasteiger charge is 2.39. The SMILES string of the molecule is CCCNc1cc(NC2CC3CCC2C3)nc(C)n1. The van der Waals surface area contributed by atoms with Crippen LogP contribution in [0, 0.1) is 18.8 Å². The van der Waals surface area contributed by atoms with Crippen LogP contribution in [0.4, 0.5) is 11.6 Å². The summed E-state index contributed by atoms with van der Waals surface area (Å²) in [5, 5.41) is 6.98. The first-order valence-corrected chi connectivity index (χ1v) is 7.60. The Kier molecular flexibility index (Phi) is 3.58. The number of fused-ring (bicyclic) bond motifs is 2. The summed E-state index contributed by atoms with van der Waals surface area (Å²) in [7, 11) is 0. The van der Waals surface area contributed by atoms with Crippen LogP contribution in [0.3, 0.4) is 0 Å². The molecule has 0 aliphatic heterocycles. The van der Waals surface area contributed by atoms with Gasteiger partial charge in [0.2, 0.25) is 0 Å². The third kappa shape index (κ3) is 2.82. The van der Waals surface area contributed by atoms with Gasteiger partial charge in [-0.25, -0.2) is 9.97 Å². The van der Waals surface area contributed by atoms with E-state index in [1.807, 2.05) is 6.92 Å². The van der Waals surface area contributed by atoms with Crippen LogP contribution < -0.4 is 10.6 Å². The number of rotatable bonds is 5. The molecule has 2 aliphatic rings. The molecule has 0 radical (unpaired) electrons. The van der Waals surface area contributed by atoms with E-state index in [1.165, 1.54) is 25.7 Å². The quantitative estimate of drug-likeness (QED) is 0.853. The highest BCUT2D eigenvalue weighted by Crippen LogP contribution is 2.45. The van der Waals surface area contributed by atoms with Crippen molar-refractivity contribution in [2.45, 2.75) is 52.0 Å². The van der Waals surface area contributed by atoms with E-state index in [2.05, 4.69) is 33.6 Å². The molecule has 2 aliphatic carbocycles. The van der Waals surface area contributed by atoms with E-state index in [-0.39, 0.29) is 0 Å². The lowest BCUT2D eigenvalue weighted by molar-refractivity contribution is 0.439. The summed E-state index contributed by atoms with van der Waals surface area (Å²) in [6.45, 7) is 5.09. The van der Waals surface area contributed by atoms with E-state index in [4.69, 9.17) is 0 Å². The Morgan fingerprint density at radius 2 is 2.05 bits per heavy atom. The molecule has 0 spiro atoms. The van der Waals surface area contributed by atoms with Gasteiger partial charge < -0.3 is 10.6 Å². The van der Waals surface area contributed by atoms with E-state index < -0.39 is 0 Å². The first-order valence-electron chi connectivity index (χ1n) is 7.60. The normalized spacial score (nSPS) is 28.6. The Hall–Kier alpha value is -1.32. The number of aryl methyl sites for hydroxylation is 1. The van der Waals surface area contributed by atoms with Gasteiger partial charge >= 0.3 is 0 Å². The summed E-state index contributed by atoms with van der Waals surface area (Å²) >= 11 is 0. The smallest absolute Gasteiger partial charge is 0.132 e. The Morgan fingerprint density at radius 1 is 1.21 bits per heavy atom. The topological polar surface area (TPSA) is 49.8 Å². The second-order valence-corrected chi connectivity index (χ2v) is 6.04. The number of nitrogens with one attached hydrogen (secondary N) is 2. The lowest BCUT2D eigenvalue weighted by Crippen LogP contribution is -2.26. The second kappa shape index (κ2) is 5.35. The Labute approximate surface area is 115 Å². The van der Waals surface area contributed by atoms with Crippen molar-refractivity contribution in [3.63, 3.8) is 0 Å². The van der Waals surface area contributed by atoms with Gasteiger partial charge in [0, 0.05) is 18.7 Å². The predicted octanol–water partition coefficient (Wildman–Crippen LogP) is 3.21. The molecular formula is C15H24N4. The van der Waals surface area contributed by atoms with E-state index >= 15 is 0 Å². The van der Waals surface area contributed by atoms with Gasteiger partial charge in [-0.2, -0.15) is 0 Å². The highest BCUT2D eigenvalue weighted by molar-refractivity contribution is 5.48. The van der Waals surface area contributed by atoms with Crippen molar-refractivity contribution >= 4 is 11.6 Å². The molecule has 1 aromatic heterocycles. The van der Waals surface area contributed by atoms with Crippen LogP contribution in [0.2, 0.25) is 0 Å². The number of aromatic nitrogens is 2. The zero-order valence-electron chi connectivity index (χ0n) is 11.9. The van der Waals surface area contributed by atoms with Crippen molar-refractivity contribution in [2.24, 2.45) is 11.8 Å². The fraction of sp³-hybridized carbons (Fsp3) is 0.733. The Balaban J connectivity index is 1.68. The van der Waals surface area contributed by atoms with Gasteiger partial charge in [0.25, 0.3) is 0 Å². The minimum Gasteiger partial charge on any atom is -0.370 e. The van der Waals surface area contributed by atoms with Crippen molar-refractivity contribution in [2.75, 3.05) is 17.2 Å². The maximum Gasteiger partial charge on any atom is 0.132 e. The van der Waals surface area contributed by atoms with Crippen LogP contribution in [-0.2, 0) is 0 Å². The number of anilines is 2. The van der Waals surface area contributed by atoms with E-state index in [0.29, 0.717) is 6.04 Å². The third-order valence-electron chi connectivity index (χ3n) is 4.47. The summed E-state index contributed by atoms with van der Waals surface area (Å²) in [6, 6.07) is 2.68. The first kappa shape index (κ1) is 12.7. The largest absolute Gasteiger partial charge is 0.370 e. The average Bonchev–Trinajstić information content (AvgIpc) is 2.98. The molecule has 4 heteroatoms. The first-order chi connectivity index (χ1) is 9.24. The maximum atomic E-state index is 4.53. The van der Waals surface area contributed by atoms with Gasteiger partial charge in [0.05, 0.1) is 0 Å². The molecule has 0 aromatic carbocycles. The van der Waals surface area contributed by atoms with Crippen LogP contribution in [0.15, 0.2) is 6.07 Å². The fourth-order valence-corrected chi connectivity index (χ4v) is 3.60. The third-order valence-corrected chi connectivity index (χ3v) is 4.47. The Bertz CT molecular complexity index is 446. The van der Waals surface area contributed by atoms with Crippen LogP contribution in [-0.4, -0.2) is 22.6 Å². The predicted molar refractivity (Wildman–Crippen MR) is 78.4 cm³/mol. The molecule has 0 amide bonds. The van der Waals surface area contributed by atoms with Crippen molar-refractivity contribution in [1.82, 2.24) is 9.97 Å². The van der Waals surface area contributed by atoms with E-state index in [9.17, 15) is 0 Å². The molecule has 1 heterocycles. The minimum absolute atomic E-state index is 0.632. The summed E-state index contributed by atoms with van der Waals surface area (Å²) in [4.78, 5) is 8.96. The zero-order valence-corrected chi connectivity index (χ0v) is 11.9. The molecule has 3 atom stereocenters. The maximum absolute atomic E-state index is 4.53. The van der Waals surface area contributed by atoms with Gasteiger partial charge in [-0.3, -0.25) is 0 Å². The molecule has 3 unspecified atom stereocenters. The molecule has 104 valence electrons. The molecule has 2 fully saturated rings. The molecule has 4 nitrogen and oxygen atoms in total. The lowest BCUT2D eigenvalue weighted by Gasteiger charge is -2.23. The molecule has 3 rings (SSSR count). The molecule has 2 N–H and O–H groups in total. The van der Waals surface area contributed by atoms with Gasteiger partial charge in [-0.15, -0.1) is 0 Å². The number of hydrogen-bond donors (Lipinski definition) is 2. The fourth-order valence-electron chi connectivity index (χ4n) is 3.60. The summed E-state index contributed by atoms with van der Waals surface area (Å²) in [5.74, 6) is 4.60.